The summed E-state index contributed by atoms with van der Waals surface area (Å²) in [6.45, 7) is 6.00. The molecule has 0 saturated heterocycles. The van der Waals surface area contributed by atoms with Crippen LogP contribution in [0.4, 0.5) is 0 Å². The lowest BCUT2D eigenvalue weighted by molar-refractivity contribution is -0.139. The molecule has 1 rings (SSSR count). The van der Waals surface area contributed by atoms with Crippen molar-refractivity contribution in [1.29, 1.82) is 0 Å². The number of carboxylic acid groups (broad SMARTS) is 1. The summed E-state index contributed by atoms with van der Waals surface area (Å²) in [5, 5.41) is 15.2. The average molecular weight is 227 g/mol. The van der Waals surface area contributed by atoms with Crippen LogP contribution in [0.15, 0.2) is 4.52 Å². The van der Waals surface area contributed by atoms with Crippen LogP contribution in [0.3, 0.4) is 0 Å². The lowest BCUT2D eigenvalue weighted by atomic mass is 10.1. The van der Waals surface area contributed by atoms with Crippen LogP contribution >= 0.6 is 0 Å². The number of hydrogen-bond acceptors (Lipinski definition) is 5. The number of rotatable bonds is 6. The maximum atomic E-state index is 10.5. The van der Waals surface area contributed by atoms with Crippen molar-refractivity contribution in [3.8, 4) is 0 Å². The fourth-order valence-electron chi connectivity index (χ4n) is 1.13. The van der Waals surface area contributed by atoms with Gasteiger partial charge in [0, 0.05) is 6.42 Å². The zero-order chi connectivity index (χ0) is 12.1. The first kappa shape index (κ1) is 12.6. The predicted octanol–water partition coefficient (Wildman–Crippen LogP) is 0.831. The average Bonchev–Trinajstić information content (AvgIpc) is 2.60. The molecule has 1 heterocycles. The van der Waals surface area contributed by atoms with Gasteiger partial charge in [-0.05, 0) is 12.8 Å². The Hall–Kier alpha value is -1.43. The van der Waals surface area contributed by atoms with Crippen LogP contribution in [0.5, 0.6) is 0 Å². The number of aromatic nitrogens is 2. The summed E-state index contributed by atoms with van der Waals surface area (Å²) in [4.78, 5) is 14.7. The van der Waals surface area contributed by atoms with Crippen molar-refractivity contribution in [2.75, 3.05) is 0 Å². The molecule has 6 nitrogen and oxygen atoms in total. The molecule has 0 aliphatic heterocycles. The van der Waals surface area contributed by atoms with Gasteiger partial charge < -0.3 is 9.63 Å². The highest BCUT2D eigenvalue weighted by Crippen LogP contribution is 2.05. The predicted molar refractivity (Wildman–Crippen MR) is 56.8 cm³/mol. The number of aliphatic carboxylic acids is 1. The molecule has 0 aromatic carbocycles. The Morgan fingerprint density at radius 1 is 1.50 bits per heavy atom. The van der Waals surface area contributed by atoms with Gasteiger partial charge in [-0.15, -0.1) is 0 Å². The van der Waals surface area contributed by atoms with Crippen LogP contribution in [0.1, 0.15) is 32.5 Å². The quantitative estimate of drug-likeness (QED) is 0.748. The topological polar surface area (TPSA) is 88.2 Å². The molecule has 1 aromatic rings. The van der Waals surface area contributed by atoms with Crippen molar-refractivity contribution in [3.05, 3.63) is 11.7 Å². The summed E-state index contributed by atoms with van der Waals surface area (Å²) < 4.78 is 5.02. The van der Waals surface area contributed by atoms with Crippen molar-refractivity contribution in [3.63, 3.8) is 0 Å². The molecule has 0 spiro atoms. The highest BCUT2D eigenvalue weighted by molar-refractivity contribution is 5.72. The molecule has 1 atom stereocenters. The van der Waals surface area contributed by atoms with Crippen LogP contribution in [-0.4, -0.2) is 27.3 Å². The van der Waals surface area contributed by atoms with E-state index in [1.165, 1.54) is 0 Å². The maximum absolute atomic E-state index is 10.5. The Balaban J connectivity index is 2.43. The monoisotopic (exact) mass is 227 g/mol. The molecule has 1 unspecified atom stereocenters. The van der Waals surface area contributed by atoms with Gasteiger partial charge in [0.2, 0.25) is 5.89 Å². The normalized spacial score (nSPS) is 13.0. The smallest absolute Gasteiger partial charge is 0.320 e. The lowest BCUT2D eigenvalue weighted by Gasteiger charge is -2.05. The van der Waals surface area contributed by atoms with E-state index in [0.717, 1.165) is 6.42 Å². The third-order valence-corrected chi connectivity index (χ3v) is 2.03. The van der Waals surface area contributed by atoms with Crippen molar-refractivity contribution in [2.45, 2.75) is 39.8 Å². The van der Waals surface area contributed by atoms with E-state index >= 15 is 0 Å². The van der Waals surface area contributed by atoms with Crippen molar-refractivity contribution >= 4 is 5.97 Å². The molecule has 90 valence electrons. The van der Waals surface area contributed by atoms with E-state index in [9.17, 15) is 4.79 Å². The molecule has 0 aliphatic carbocycles. The largest absolute Gasteiger partial charge is 0.480 e. The molecular formula is C10H17N3O3. The van der Waals surface area contributed by atoms with Gasteiger partial charge in [-0.3, -0.25) is 10.1 Å². The third-order valence-electron chi connectivity index (χ3n) is 2.03. The lowest BCUT2D eigenvalue weighted by Crippen LogP contribution is -2.33. The second-order valence-electron chi connectivity index (χ2n) is 4.14. The molecule has 0 aliphatic rings. The van der Waals surface area contributed by atoms with Gasteiger partial charge in [-0.1, -0.05) is 19.0 Å². The zero-order valence-electron chi connectivity index (χ0n) is 9.73. The van der Waals surface area contributed by atoms with Gasteiger partial charge in [-0.2, -0.15) is 4.98 Å². The van der Waals surface area contributed by atoms with Gasteiger partial charge >= 0.3 is 5.97 Å². The third kappa shape index (κ3) is 3.98. The molecule has 0 saturated carbocycles. The first-order chi connectivity index (χ1) is 7.49. The molecule has 2 N–H and O–H groups in total. The zero-order valence-corrected chi connectivity index (χ0v) is 9.73. The fourth-order valence-corrected chi connectivity index (χ4v) is 1.13. The van der Waals surface area contributed by atoms with E-state index in [-0.39, 0.29) is 0 Å². The summed E-state index contributed by atoms with van der Waals surface area (Å²) in [7, 11) is 0. The number of hydrogen-bond donors (Lipinski definition) is 2. The second kappa shape index (κ2) is 5.60. The molecule has 0 amide bonds. The molecule has 1 aromatic heterocycles. The molecule has 0 bridgehead atoms. The fraction of sp³-hybridized carbons (Fsp3) is 0.700. The Kier molecular flexibility index (Phi) is 4.42. The van der Waals surface area contributed by atoms with Gasteiger partial charge in [0.05, 0.1) is 6.54 Å². The van der Waals surface area contributed by atoms with E-state index < -0.39 is 12.0 Å². The van der Waals surface area contributed by atoms with Crippen LogP contribution in [0, 0.1) is 5.92 Å². The van der Waals surface area contributed by atoms with Gasteiger partial charge in [0.25, 0.3) is 0 Å². The molecular weight excluding hydrogens is 210 g/mol. The summed E-state index contributed by atoms with van der Waals surface area (Å²) in [6.07, 6.45) is 0.738. The number of carboxylic acids is 1. The van der Waals surface area contributed by atoms with Crippen LogP contribution in [0.2, 0.25) is 0 Å². The van der Waals surface area contributed by atoms with Crippen molar-refractivity contribution < 1.29 is 14.4 Å². The SMILES string of the molecule is CC(C)Cc1nc(CNC(C)C(=O)O)no1. The van der Waals surface area contributed by atoms with Crippen LogP contribution < -0.4 is 5.32 Å². The van der Waals surface area contributed by atoms with E-state index in [0.29, 0.717) is 24.2 Å². The first-order valence-electron chi connectivity index (χ1n) is 5.26. The van der Waals surface area contributed by atoms with Crippen LogP contribution in [-0.2, 0) is 17.8 Å². The Morgan fingerprint density at radius 2 is 2.19 bits per heavy atom. The van der Waals surface area contributed by atoms with E-state index in [1.54, 1.807) is 6.92 Å². The maximum Gasteiger partial charge on any atom is 0.320 e. The Morgan fingerprint density at radius 3 is 2.75 bits per heavy atom. The highest BCUT2D eigenvalue weighted by Gasteiger charge is 2.12. The van der Waals surface area contributed by atoms with Gasteiger partial charge in [-0.25, -0.2) is 0 Å². The van der Waals surface area contributed by atoms with Crippen molar-refractivity contribution in [2.24, 2.45) is 5.92 Å². The van der Waals surface area contributed by atoms with Crippen LogP contribution in [0.25, 0.3) is 0 Å². The van der Waals surface area contributed by atoms with E-state index in [4.69, 9.17) is 9.63 Å². The highest BCUT2D eigenvalue weighted by atomic mass is 16.5. The minimum atomic E-state index is -0.897. The summed E-state index contributed by atoms with van der Waals surface area (Å²) in [5.41, 5.74) is 0. The van der Waals surface area contributed by atoms with Crippen molar-refractivity contribution in [1.82, 2.24) is 15.5 Å². The summed E-state index contributed by atoms with van der Waals surface area (Å²) in [6, 6.07) is -0.618. The number of nitrogens with zero attached hydrogens (tertiary/aromatic N) is 2. The van der Waals surface area contributed by atoms with Gasteiger partial charge in [0.1, 0.15) is 6.04 Å². The summed E-state index contributed by atoms with van der Waals surface area (Å²) in [5.74, 6) is 0.642. The standard InChI is InChI=1S/C10H17N3O3/c1-6(2)4-9-12-8(13-16-9)5-11-7(3)10(14)15/h6-7,11H,4-5H2,1-3H3,(H,14,15). The summed E-state index contributed by atoms with van der Waals surface area (Å²) >= 11 is 0. The number of carbonyl (C=O) groups is 1. The molecule has 6 heteroatoms. The van der Waals surface area contributed by atoms with E-state index in [1.807, 2.05) is 0 Å². The molecule has 0 radical (unpaired) electrons. The minimum Gasteiger partial charge on any atom is -0.480 e. The number of nitrogens with one attached hydrogen (secondary N) is 1. The Bertz CT molecular complexity index is 349. The second-order valence-corrected chi connectivity index (χ2v) is 4.14. The first-order valence-corrected chi connectivity index (χ1v) is 5.26. The molecule has 16 heavy (non-hydrogen) atoms. The minimum absolute atomic E-state index is 0.301. The van der Waals surface area contributed by atoms with Gasteiger partial charge in [0.15, 0.2) is 5.82 Å². The molecule has 0 fully saturated rings. The Labute approximate surface area is 94.0 Å². The van der Waals surface area contributed by atoms with E-state index in [2.05, 4.69) is 29.3 Å².